The van der Waals surface area contributed by atoms with E-state index in [1.54, 1.807) is 0 Å². The van der Waals surface area contributed by atoms with E-state index in [2.05, 4.69) is 47.1 Å². The highest BCUT2D eigenvalue weighted by molar-refractivity contribution is 7.09. The van der Waals surface area contributed by atoms with Crippen molar-refractivity contribution < 1.29 is 4.74 Å². The number of hydrogen-bond donors (Lipinski definition) is 1. The maximum atomic E-state index is 5.50. The first-order chi connectivity index (χ1) is 9.40. The van der Waals surface area contributed by atoms with Gasteiger partial charge in [-0.1, -0.05) is 30.3 Å². The molecule has 0 saturated heterocycles. The minimum absolute atomic E-state index is 0.708. The molecular formula is C16H21NOS. The lowest BCUT2D eigenvalue weighted by Crippen LogP contribution is -2.17. The summed E-state index contributed by atoms with van der Waals surface area (Å²) in [4.78, 5) is 1.44. The van der Waals surface area contributed by atoms with E-state index in [0.29, 0.717) is 6.61 Å². The van der Waals surface area contributed by atoms with E-state index in [9.17, 15) is 0 Å². The van der Waals surface area contributed by atoms with Gasteiger partial charge in [0.1, 0.15) is 0 Å². The predicted molar refractivity (Wildman–Crippen MR) is 81.5 cm³/mol. The third-order valence-corrected chi connectivity index (χ3v) is 3.96. The molecule has 2 rings (SSSR count). The third-order valence-electron chi connectivity index (χ3n) is 3.02. The molecule has 0 radical (unpaired) electrons. The Balaban J connectivity index is 1.78. The van der Waals surface area contributed by atoms with Crippen LogP contribution < -0.4 is 5.32 Å². The molecule has 102 valence electrons. The second-order valence-corrected chi connectivity index (χ2v) is 5.44. The van der Waals surface area contributed by atoms with Crippen LogP contribution in [0, 0.1) is 0 Å². The summed E-state index contributed by atoms with van der Waals surface area (Å²) in [5.74, 6) is 0. The first-order valence-electron chi connectivity index (χ1n) is 6.77. The topological polar surface area (TPSA) is 21.3 Å². The van der Waals surface area contributed by atoms with Gasteiger partial charge in [-0.3, -0.25) is 0 Å². The fraction of sp³-hybridized carbons (Fsp3) is 0.375. The predicted octanol–water partition coefficient (Wildman–Crippen LogP) is 3.62. The Kier molecular flexibility index (Phi) is 6.08. The molecule has 0 aliphatic carbocycles. The van der Waals surface area contributed by atoms with Crippen molar-refractivity contribution in [1.29, 1.82) is 0 Å². The molecular weight excluding hydrogens is 254 g/mol. The Morgan fingerprint density at radius 2 is 1.95 bits per heavy atom. The van der Waals surface area contributed by atoms with Crippen LogP contribution in [0.25, 0.3) is 0 Å². The number of rotatable bonds is 8. The normalized spacial score (nSPS) is 10.8. The van der Waals surface area contributed by atoms with Crippen LogP contribution in [0.5, 0.6) is 0 Å². The number of nitrogens with one attached hydrogen (secondary N) is 1. The van der Waals surface area contributed by atoms with E-state index < -0.39 is 0 Å². The summed E-state index contributed by atoms with van der Waals surface area (Å²) in [5, 5.41) is 5.64. The van der Waals surface area contributed by atoms with Crippen LogP contribution in [0.1, 0.15) is 22.9 Å². The maximum absolute atomic E-state index is 5.50. The molecule has 0 atom stereocenters. The molecule has 0 fully saturated rings. The lowest BCUT2D eigenvalue weighted by Gasteiger charge is -2.10. The van der Waals surface area contributed by atoms with E-state index in [1.807, 2.05) is 18.3 Å². The van der Waals surface area contributed by atoms with Crippen molar-refractivity contribution in [2.75, 3.05) is 13.2 Å². The van der Waals surface area contributed by atoms with Gasteiger partial charge in [0.15, 0.2) is 0 Å². The Morgan fingerprint density at radius 3 is 2.68 bits per heavy atom. The molecule has 0 aliphatic rings. The monoisotopic (exact) mass is 275 g/mol. The zero-order valence-corrected chi connectivity index (χ0v) is 12.2. The second kappa shape index (κ2) is 8.10. The molecule has 1 aromatic heterocycles. The summed E-state index contributed by atoms with van der Waals surface area (Å²) in [6.45, 7) is 5.43. The standard InChI is InChI=1S/C16H21NOS/c1-2-18-13-15-7-4-3-6-14(15)12-17-10-9-16-8-5-11-19-16/h3-8,11,17H,2,9-10,12-13H2,1H3. The van der Waals surface area contributed by atoms with E-state index in [0.717, 1.165) is 26.1 Å². The summed E-state index contributed by atoms with van der Waals surface area (Å²) in [6.07, 6.45) is 1.10. The third kappa shape index (κ3) is 4.78. The highest BCUT2D eigenvalue weighted by atomic mass is 32.1. The van der Waals surface area contributed by atoms with Crippen LogP contribution in [-0.4, -0.2) is 13.2 Å². The highest BCUT2D eigenvalue weighted by Crippen LogP contribution is 2.11. The summed E-state index contributed by atoms with van der Waals surface area (Å²) < 4.78 is 5.50. The van der Waals surface area contributed by atoms with E-state index in [1.165, 1.54) is 16.0 Å². The van der Waals surface area contributed by atoms with Gasteiger partial charge in [-0.15, -0.1) is 11.3 Å². The van der Waals surface area contributed by atoms with Crippen LogP contribution in [0.2, 0.25) is 0 Å². The summed E-state index contributed by atoms with van der Waals surface area (Å²) in [5.41, 5.74) is 2.62. The molecule has 1 heterocycles. The van der Waals surface area contributed by atoms with Crippen molar-refractivity contribution >= 4 is 11.3 Å². The maximum Gasteiger partial charge on any atom is 0.0719 e. The van der Waals surface area contributed by atoms with Gasteiger partial charge in [-0.25, -0.2) is 0 Å². The van der Waals surface area contributed by atoms with Crippen molar-refractivity contribution in [3.63, 3.8) is 0 Å². The van der Waals surface area contributed by atoms with Gasteiger partial charge in [0, 0.05) is 24.6 Å². The van der Waals surface area contributed by atoms with Crippen molar-refractivity contribution in [2.45, 2.75) is 26.5 Å². The van der Waals surface area contributed by atoms with Gasteiger partial charge in [-0.05, 0) is 35.9 Å². The zero-order valence-electron chi connectivity index (χ0n) is 11.4. The Labute approximate surface area is 119 Å². The SMILES string of the molecule is CCOCc1ccccc1CNCCc1cccs1. The fourth-order valence-electron chi connectivity index (χ4n) is 1.97. The molecule has 0 unspecified atom stereocenters. The van der Waals surface area contributed by atoms with E-state index >= 15 is 0 Å². The fourth-order valence-corrected chi connectivity index (χ4v) is 2.68. The second-order valence-electron chi connectivity index (χ2n) is 4.41. The summed E-state index contributed by atoms with van der Waals surface area (Å²) in [6, 6.07) is 12.8. The number of benzene rings is 1. The molecule has 0 saturated carbocycles. The molecule has 0 spiro atoms. The van der Waals surface area contributed by atoms with Crippen LogP contribution >= 0.6 is 11.3 Å². The molecule has 19 heavy (non-hydrogen) atoms. The van der Waals surface area contributed by atoms with Crippen molar-refractivity contribution in [2.24, 2.45) is 0 Å². The van der Waals surface area contributed by atoms with Gasteiger partial charge in [-0.2, -0.15) is 0 Å². The Hall–Kier alpha value is -1.16. The Morgan fingerprint density at radius 1 is 1.11 bits per heavy atom. The van der Waals surface area contributed by atoms with Crippen LogP contribution in [-0.2, 0) is 24.3 Å². The molecule has 3 heteroatoms. The molecule has 1 N–H and O–H groups in total. The number of hydrogen-bond acceptors (Lipinski definition) is 3. The minimum Gasteiger partial charge on any atom is -0.377 e. The average molecular weight is 275 g/mol. The zero-order chi connectivity index (χ0) is 13.3. The lowest BCUT2D eigenvalue weighted by atomic mass is 10.1. The summed E-state index contributed by atoms with van der Waals surface area (Å²) >= 11 is 1.82. The molecule has 0 amide bonds. The Bertz CT molecular complexity index is 467. The number of thiophene rings is 1. The van der Waals surface area contributed by atoms with Gasteiger partial charge < -0.3 is 10.1 Å². The lowest BCUT2D eigenvalue weighted by molar-refractivity contribution is 0.133. The average Bonchev–Trinajstić information content (AvgIpc) is 2.95. The van der Waals surface area contributed by atoms with Gasteiger partial charge in [0.2, 0.25) is 0 Å². The van der Waals surface area contributed by atoms with Crippen molar-refractivity contribution in [3.05, 3.63) is 57.8 Å². The van der Waals surface area contributed by atoms with Crippen LogP contribution in [0.15, 0.2) is 41.8 Å². The van der Waals surface area contributed by atoms with Gasteiger partial charge in [0.05, 0.1) is 6.61 Å². The molecule has 2 aromatic rings. The van der Waals surface area contributed by atoms with Crippen molar-refractivity contribution in [1.82, 2.24) is 5.32 Å². The van der Waals surface area contributed by atoms with E-state index in [-0.39, 0.29) is 0 Å². The largest absolute Gasteiger partial charge is 0.377 e. The molecule has 1 aromatic carbocycles. The quantitative estimate of drug-likeness (QED) is 0.743. The number of ether oxygens (including phenoxy) is 1. The van der Waals surface area contributed by atoms with Gasteiger partial charge in [0.25, 0.3) is 0 Å². The highest BCUT2D eigenvalue weighted by Gasteiger charge is 2.01. The molecule has 0 bridgehead atoms. The van der Waals surface area contributed by atoms with Crippen molar-refractivity contribution in [3.8, 4) is 0 Å². The summed E-state index contributed by atoms with van der Waals surface area (Å²) in [7, 11) is 0. The minimum atomic E-state index is 0.708. The first kappa shape index (κ1) is 14.3. The van der Waals surface area contributed by atoms with Crippen LogP contribution in [0.3, 0.4) is 0 Å². The first-order valence-corrected chi connectivity index (χ1v) is 7.65. The van der Waals surface area contributed by atoms with E-state index in [4.69, 9.17) is 4.74 Å². The molecule has 2 nitrogen and oxygen atoms in total. The van der Waals surface area contributed by atoms with Crippen LogP contribution in [0.4, 0.5) is 0 Å². The molecule has 0 aliphatic heterocycles. The van der Waals surface area contributed by atoms with Gasteiger partial charge >= 0.3 is 0 Å². The smallest absolute Gasteiger partial charge is 0.0719 e.